The summed E-state index contributed by atoms with van der Waals surface area (Å²) in [6, 6.07) is 0. The Labute approximate surface area is 129 Å². The van der Waals surface area contributed by atoms with Gasteiger partial charge in [0.2, 0.25) is 0 Å². The number of aliphatic hydroxyl groups excluding tert-OH is 1. The molecule has 0 spiro atoms. The topological polar surface area (TPSA) is 57.2 Å². The molecule has 0 heterocycles. The first kappa shape index (κ1) is 20.4. The van der Waals surface area contributed by atoms with Crippen molar-refractivity contribution in [3.05, 3.63) is 11.8 Å². The van der Waals surface area contributed by atoms with E-state index in [0.29, 0.717) is 46.2 Å². The van der Waals surface area contributed by atoms with E-state index >= 15 is 0 Å². The van der Waals surface area contributed by atoms with E-state index in [0.717, 1.165) is 12.8 Å². The van der Waals surface area contributed by atoms with Crippen molar-refractivity contribution < 1.29 is 24.1 Å². The number of hydrogen-bond acceptors (Lipinski definition) is 5. The molecule has 0 aliphatic carbocycles. The van der Waals surface area contributed by atoms with E-state index in [1.54, 1.807) is 0 Å². The van der Waals surface area contributed by atoms with E-state index in [9.17, 15) is 0 Å². The Morgan fingerprint density at radius 1 is 0.857 bits per heavy atom. The first-order valence-corrected chi connectivity index (χ1v) is 7.98. The van der Waals surface area contributed by atoms with Gasteiger partial charge in [-0.25, -0.2) is 0 Å². The molecule has 0 aromatic carbocycles. The van der Waals surface area contributed by atoms with Crippen LogP contribution in [0.5, 0.6) is 0 Å². The fourth-order valence-electron chi connectivity index (χ4n) is 1.61. The van der Waals surface area contributed by atoms with Crippen molar-refractivity contribution in [2.45, 2.75) is 39.5 Å². The Morgan fingerprint density at radius 3 is 1.95 bits per heavy atom. The molecule has 0 fully saturated rings. The van der Waals surface area contributed by atoms with E-state index in [4.69, 9.17) is 24.1 Å². The highest BCUT2D eigenvalue weighted by Gasteiger charge is 1.95. The van der Waals surface area contributed by atoms with Gasteiger partial charge in [0.05, 0.1) is 52.5 Å². The van der Waals surface area contributed by atoms with Gasteiger partial charge in [-0.1, -0.05) is 20.3 Å². The summed E-state index contributed by atoms with van der Waals surface area (Å²) in [4.78, 5) is 0. The number of ether oxygens (including phenoxy) is 4. The van der Waals surface area contributed by atoms with Crippen LogP contribution < -0.4 is 0 Å². The third-order valence-electron chi connectivity index (χ3n) is 2.88. The average molecular weight is 304 g/mol. The molecule has 1 N–H and O–H groups in total. The van der Waals surface area contributed by atoms with Crippen LogP contribution in [0.25, 0.3) is 0 Å². The van der Waals surface area contributed by atoms with Gasteiger partial charge in [0.1, 0.15) is 6.61 Å². The SMILES string of the molecule is CCCCC(=COCCOCCOCCOCCO)CC. The average Bonchev–Trinajstić information content (AvgIpc) is 2.51. The summed E-state index contributed by atoms with van der Waals surface area (Å²) in [5, 5.41) is 8.50. The second-order valence-electron chi connectivity index (χ2n) is 4.66. The molecule has 0 amide bonds. The zero-order valence-corrected chi connectivity index (χ0v) is 13.6. The molecule has 0 rings (SSSR count). The summed E-state index contributed by atoms with van der Waals surface area (Å²) in [6.07, 6.45) is 6.49. The maximum Gasteiger partial charge on any atom is 0.111 e. The highest BCUT2D eigenvalue weighted by molar-refractivity contribution is 4.96. The predicted molar refractivity (Wildman–Crippen MR) is 83.4 cm³/mol. The van der Waals surface area contributed by atoms with Crippen LogP contribution in [0.3, 0.4) is 0 Å². The summed E-state index contributed by atoms with van der Waals surface area (Å²) in [5.74, 6) is 0. The number of allylic oxidation sites excluding steroid dienone is 1. The van der Waals surface area contributed by atoms with Gasteiger partial charge >= 0.3 is 0 Å². The van der Waals surface area contributed by atoms with E-state index in [2.05, 4.69) is 13.8 Å². The second-order valence-corrected chi connectivity index (χ2v) is 4.66. The molecule has 21 heavy (non-hydrogen) atoms. The van der Waals surface area contributed by atoms with Crippen molar-refractivity contribution in [1.82, 2.24) is 0 Å². The maximum atomic E-state index is 8.50. The molecule has 0 aromatic heterocycles. The molecular weight excluding hydrogens is 272 g/mol. The van der Waals surface area contributed by atoms with Crippen molar-refractivity contribution in [3.63, 3.8) is 0 Å². The molecule has 0 saturated carbocycles. The fraction of sp³-hybridized carbons (Fsp3) is 0.875. The summed E-state index contributed by atoms with van der Waals surface area (Å²) in [7, 11) is 0. The van der Waals surface area contributed by atoms with Gasteiger partial charge in [-0.3, -0.25) is 0 Å². The van der Waals surface area contributed by atoms with E-state index in [-0.39, 0.29) is 6.61 Å². The Balaban J connectivity index is 3.26. The van der Waals surface area contributed by atoms with Gasteiger partial charge < -0.3 is 24.1 Å². The second kappa shape index (κ2) is 17.4. The molecule has 126 valence electrons. The molecule has 5 nitrogen and oxygen atoms in total. The minimum atomic E-state index is 0.0513. The van der Waals surface area contributed by atoms with E-state index < -0.39 is 0 Å². The number of hydrogen-bond donors (Lipinski definition) is 1. The third kappa shape index (κ3) is 15.6. The monoisotopic (exact) mass is 304 g/mol. The van der Waals surface area contributed by atoms with Gasteiger partial charge in [0.15, 0.2) is 0 Å². The Hall–Kier alpha value is -0.620. The van der Waals surface area contributed by atoms with Crippen LogP contribution in [0.2, 0.25) is 0 Å². The Kier molecular flexibility index (Phi) is 16.9. The van der Waals surface area contributed by atoms with Gasteiger partial charge in [-0.05, 0) is 24.8 Å². The predicted octanol–water partition coefficient (Wildman–Crippen LogP) is 2.53. The Bertz CT molecular complexity index is 231. The van der Waals surface area contributed by atoms with Gasteiger partial charge in [-0.2, -0.15) is 0 Å². The quantitative estimate of drug-likeness (QED) is 0.351. The van der Waals surface area contributed by atoms with Crippen molar-refractivity contribution in [2.24, 2.45) is 0 Å². The number of rotatable bonds is 16. The summed E-state index contributed by atoms with van der Waals surface area (Å²) < 4.78 is 21.2. The molecule has 0 saturated heterocycles. The van der Waals surface area contributed by atoms with Crippen molar-refractivity contribution >= 4 is 0 Å². The van der Waals surface area contributed by atoms with Crippen LogP contribution in [0.4, 0.5) is 0 Å². The van der Waals surface area contributed by atoms with Crippen molar-refractivity contribution in [1.29, 1.82) is 0 Å². The molecule has 0 aromatic rings. The van der Waals surface area contributed by atoms with Crippen LogP contribution in [-0.4, -0.2) is 58.0 Å². The lowest BCUT2D eigenvalue weighted by Crippen LogP contribution is -2.12. The highest BCUT2D eigenvalue weighted by Crippen LogP contribution is 2.10. The maximum absolute atomic E-state index is 8.50. The van der Waals surface area contributed by atoms with Gasteiger partial charge in [0, 0.05) is 0 Å². The van der Waals surface area contributed by atoms with Crippen molar-refractivity contribution in [3.8, 4) is 0 Å². The molecule has 0 radical (unpaired) electrons. The zero-order chi connectivity index (χ0) is 15.6. The lowest BCUT2D eigenvalue weighted by atomic mass is 10.1. The van der Waals surface area contributed by atoms with E-state index in [1.165, 1.54) is 18.4 Å². The van der Waals surface area contributed by atoms with Crippen LogP contribution in [-0.2, 0) is 18.9 Å². The number of unbranched alkanes of at least 4 members (excludes halogenated alkanes) is 1. The lowest BCUT2D eigenvalue weighted by molar-refractivity contribution is 0.00125. The molecule has 5 heteroatoms. The third-order valence-corrected chi connectivity index (χ3v) is 2.88. The highest BCUT2D eigenvalue weighted by atomic mass is 16.6. The summed E-state index contributed by atoms with van der Waals surface area (Å²) in [6.45, 7) is 8.07. The standard InChI is InChI=1S/C16H32O5/c1-3-5-6-16(4-2)15-21-14-13-20-12-11-19-10-9-18-8-7-17/h15,17H,3-14H2,1-2H3. The molecule has 0 bridgehead atoms. The fourth-order valence-corrected chi connectivity index (χ4v) is 1.61. The molecular formula is C16H32O5. The summed E-state index contributed by atoms with van der Waals surface area (Å²) >= 11 is 0. The molecule has 0 unspecified atom stereocenters. The van der Waals surface area contributed by atoms with Crippen molar-refractivity contribution in [2.75, 3.05) is 52.9 Å². The molecule has 0 aliphatic heterocycles. The first-order valence-electron chi connectivity index (χ1n) is 7.98. The van der Waals surface area contributed by atoms with Crippen LogP contribution in [0.1, 0.15) is 39.5 Å². The number of aliphatic hydroxyl groups is 1. The lowest BCUT2D eigenvalue weighted by Gasteiger charge is -2.07. The van der Waals surface area contributed by atoms with E-state index in [1.807, 2.05) is 6.26 Å². The van der Waals surface area contributed by atoms with Crippen LogP contribution in [0, 0.1) is 0 Å². The minimum absolute atomic E-state index is 0.0513. The zero-order valence-electron chi connectivity index (χ0n) is 13.6. The van der Waals surface area contributed by atoms with Crippen LogP contribution >= 0.6 is 0 Å². The minimum Gasteiger partial charge on any atom is -0.499 e. The molecule has 0 aliphatic rings. The largest absolute Gasteiger partial charge is 0.499 e. The Morgan fingerprint density at radius 2 is 1.43 bits per heavy atom. The van der Waals surface area contributed by atoms with Gasteiger partial charge in [0.25, 0.3) is 0 Å². The normalized spacial score (nSPS) is 11.9. The smallest absolute Gasteiger partial charge is 0.111 e. The van der Waals surface area contributed by atoms with Crippen LogP contribution in [0.15, 0.2) is 11.8 Å². The summed E-state index contributed by atoms with van der Waals surface area (Å²) in [5.41, 5.74) is 1.36. The first-order chi connectivity index (χ1) is 10.3. The molecule has 0 atom stereocenters. The van der Waals surface area contributed by atoms with Gasteiger partial charge in [-0.15, -0.1) is 0 Å².